The number of halogens is 2. The maximum atomic E-state index is 5.74. The summed E-state index contributed by atoms with van der Waals surface area (Å²) in [6.07, 6.45) is 3.60. The third kappa shape index (κ3) is 5.67. The Morgan fingerprint density at radius 2 is 0.898 bits per heavy atom. The summed E-state index contributed by atoms with van der Waals surface area (Å²) in [5.41, 5.74) is 11.5. The lowest BCUT2D eigenvalue weighted by atomic mass is 9.92. The molecule has 4 aromatic carbocycles. The first-order chi connectivity index (χ1) is 23.5. The van der Waals surface area contributed by atoms with Crippen molar-refractivity contribution in [2.24, 2.45) is 5.10 Å². The fourth-order valence-electron chi connectivity index (χ4n) is 7.11. The zero-order valence-corrected chi connectivity index (χ0v) is 32.5. The number of hydrogen-bond donors (Lipinski definition) is 0. The van der Waals surface area contributed by atoms with E-state index in [9.17, 15) is 0 Å². The van der Waals surface area contributed by atoms with E-state index in [4.69, 9.17) is 15.1 Å². The highest BCUT2D eigenvalue weighted by molar-refractivity contribution is 9.10. The molecule has 0 N–H and O–H groups in total. The van der Waals surface area contributed by atoms with Crippen LogP contribution in [0.5, 0.6) is 0 Å². The van der Waals surface area contributed by atoms with Crippen molar-refractivity contribution in [1.82, 2.24) is 23.8 Å². The quantitative estimate of drug-likeness (QED) is 0.162. The molecular formula is C41H42Br2N6. The van der Waals surface area contributed by atoms with Crippen molar-refractivity contribution in [1.29, 1.82) is 0 Å². The average Bonchev–Trinajstić information content (AvgIpc) is 3.54. The van der Waals surface area contributed by atoms with Crippen LogP contribution >= 0.6 is 31.9 Å². The monoisotopic (exact) mass is 776 g/mol. The van der Waals surface area contributed by atoms with E-state index in [1.807, 2.05) is 0 Å². The van der Waals surface area contributed by atoms with Crippen LogP contribution in [0.2, 0.25) is 0 Å². The summed E-state index contributed by atoms with van der Waals surface area (Å²) in [6, 6.07) is 26.2. The SMILES string of the molecule is CC(C)c1cccc(C(C)C)c1-n1c(=Nn2c3ccc(Br)cc3c3cc(Br)ccc32)n(-c2c(C(C)C)cccc2C(C)C)c2nccnc21. The van der Waals surface area contributed by atoms with E-state index < -0.39 is 0 Å². The van der Waals surface area contributed by atoms with Gasteiger partial charge in [0, 0.05) is 32.1 Å². The summed E-state index contributed by atoms with van der Waals surface area (Å²) >= 11 is 7.46. The minimum atomic E-state index is 0.265. The van der Waals surface area contributed by atoms with Gasteiger partial charge in [0.1, 0.15) is 0 Å². The normalized spacial score (nSPS) is 12.2. The molecule has 0 aliphatic rings. The topological polar surface area (TPSA) is 52.9 Å². The lowest BCUT2D eigenvalue weighted by molar-refractivity contribution is 0.736. The summed E-state index contributed by atoms with van der Waals surface area (Å²) in [5.74, 6) is 1.06. The van der Waals surface area contributed by atoms with Gasteiger partial charge in [-0.05, 0) is 82.3 Å². The molecule has 49 heavy (non-hydrogen) atoms. The zero-order chi connectivity index (χ0) is 34.7. The van der Waals surface area contributed by atoms with E-state index in [-0.39, 0.29) is 23.7 Å². The van der Waals surface area contributed by atoms with Crippen LogP contribution in [0.1, 0.15) is 101 Å². The largest absolute Gasteiger partial charge is 0.259 e. The van der Waals surface area contributed by atoms with E-state index in [1.165, 1.54) is 22.3 Å². The fraction of sp³-hybridized carbons (Fsp3) is 0.293. The van der Waals surface area contributed by atoms with E-state index in [1.54, 1.807) is 12.4 Å². The third-order valence-corrected chi connectivity index (χ3v) is 10.5. The summed E-state index contributed by atoms with van der Waals surface area (Å²) in [4.78, 5) is 10.2. The maximum absolute atomic E-state index is 5.74. The number of imidazole rings is 1. The molecule has 3 aromatic heterocycles. The number of rotatable bonds is 7. The fourth-order valence-corrected chi connectivity index (χ4v) is 7.84. The molecule has 0 aliphatic heterocycles. The van der Waals surface area contributed by atoms with Gasteiger partial charge in [0.25, 0.3) is 0 Å². The van der Waals surface area contributed by atoms with Gasteiger partial charge in [-0.15, -0.1) is 5.10 Å². The lowest BCUT2D eigenvalue weighted by Crippen LogP contribution is -2.29. The molecule has 0 unspecified atom stereocenters. The lowest BCUT2D eigenvalue weighted by Gasteiger charge is -2.22. The molecule has 0 amide bonds. The number of benzene rings is 4. The van der Waals surface area contributed by atoms with Crippen LogP contribution in [0.15, 0.2) is 99.2 Å². The van der Waals surface area contributed by atoms with Crippen molar-refractivity contribution in [3.05, 3.63) is 122 Å². The van der Waals surface area contributed by atoms with Crippen LogP contribution in [0.25, 0.3) is 44.5 Å². The van der Waals surface area contributed by atoms with E-state index >= 15 is 0 Å². The van der Waals surface area contributed by atoms with Crippen molar-refractivity contribution in [2.75, 3.05) is 0 Å². The molecule has 0 bridgehead atoms. The van der Waals surface area contributed by atoms with Crippen LogP contribution in [-0.2, 0) is 0 Å². The highest BCUT2D eigenvalue weighted by atomic mass is 79.9. The molecule has 0 saturated carbocycles. The Balaban J connectivity index is 1.79. The van der Waals surface area contributed by atoms with Crippen LogP contribution in [0.3, 0.4) is 0 Å². The van der Waals surface area contributed by atoms with E-state index in [2.05, 4.69) is 174 Å². The van der Waals surface area contributed by atoms with Gasteiger partial charge in [0.2, 0.25) is 5.62 Å². The van der Waals surface area contributed by atoms with Crippen molar-refractivity contribution < 1.29 is 0 Å². The van der Waals surface area contributed by atoms with Crippen LogP contribution in [0.4, 0.5) is 0 Å². The third-order valence-electron chi connectivity index (χ3n) is 9.47. The number of aromatic nitrogens is 5. The molecule has 250 valence electrons. The molecule has 0 fully saturated rings. The van der Waals surface area contributed by atoms with Crippen molar-refractivity contribution in [3.8, 4) is 11.4 Å². The first-order valence-corrected chi connectivity index (χ1v) is 18.7. The summed E-state index contributed by atoms with van der Waals surface area (Å²) in [7, 11) is 0. The van der Waals surface area contributed by atoms with Gasteiger partial charge in [-0.3, -0.25) is 9.13 Å². The average molecular weight is 779 g/mol. The Hall–Kier alpha value is -4.01. The van der Waals surface area contributed by atoms with Gasteiger partial charge in [-0.25, -0.2) is 14.6 Å². The summed E-state index contributed by atoms with van der Waals surface area (Å²) in [5, 5.41) is 7.98. The Morgan fingerprint density at radius 3 is 1.24 bits per heavy atom. The van der Waals surface area contributed by atoms with Crippen LogP contribution in [-0.4, -0.2) is 23.8 Å². The Morgan fingerprint density at radius 1 is 0.531 bits per heavy atom. The number of para-hydroxylation sites is 2. The highest BCUT2D eigenvalue weighted by Crippen LogP contribution is 2.37. The highest BCUT2D eigenvalue weighted by Gasteiger charge is 2.27. The predicted molar refractivity (Wildman–Crippen MR) is 210 cm³/mol. The minimum absolute atomic E-state index is 0.265. The maximum Gasteiger partial charge on any atom is 0.240 e. The van der Waals surface area contributed by atoms with Crippen LogP contribution in [0, 0.1) is 0 Å². The second-order valence-corrected chi connectivity index (χ2v) is 15.9. The van der Waals surface area contributed by atoms with Crippen LogP contribution < -0.4 is 5.62 Å². The number of hydrogen-bond acceptors (Lipinski definition) is 3. The molecule has 8 heteroatoms. The molecule has 0 atom stereocenters. The van der Waals surface area contributed by atoms with Gasteiger partial charge in [-0.2, -0.15) is 0 Å². The number of nitrogens with zero attached hydrogens (tertiary/aromatic N) is 6. The molecule has 0 radical (unpaired) electrons. The first-order valence-electron chi connectivity index (χ1n) is 17.1. The molecular weight excluding hydrogens is 736 g/mol. The molecule has 0 saturated heterocycles. The smallest absolute Gasteiger partial charge is 0.240 e. The summed E-state index contributed by atoms with van der Waals surface area (Å²) < 4.78 is 8.71. The minimum Gasteiger partial charge on any atom is -0.259 e. The molecule has 7 rings (SSSR count). The van der Waals surface area contributed by atoms with Gasteiger partial charge >= 0.3 is 0 Å². The first kappa shape index (κ1) is 33.5. The molecule has 0 aliphatic carbocycles. The molecule has 6 nitrogen and oxygen atoms in total. The Bertz CT molecular complexity index is 2230. The molecule has 7 aromatic rings. The molecule has 0 spiro atoms. The van der Waals surface area contributed by atoms with Crippen molar-refractivity contribution in [2.45, 2.75) is 79.1 Å². The van der Waals surface area contributed by atoms with Gasteiger partial charge < -0.3 is 0 Å². The van der Waals surface area contributed by atoms with Gasteiger partial charge in [0.15, 0.2) is 11.3 Å². The standard InChI is InChI=1S/C41H42Br2N6/c1-23(2)29-11-9-12-30(24(3)4)37(29)47-39-40(45-20-19-44-39)48(38-31(25(5)6)13-10-14-32(38)26(7)8)41(47)46-49-35-17-15-27(42)21-33(35)34-22-28(43)16-18-36(34)49/h9-26H,1-8H3. The second-order valence-electron chi connectivity index (χ2n) is 14.1. The zero-order valence-electron chi connectivity index (χ0n) is 29.3. The molecule has 3 heterocycles. The van der Waals surface area contributed by atoms with Crippen molar-refractivity contribution in [3.63, 3.8) is 0 Å². The van der Waals surface area contributed by atoms with E-state index in [0.717, 1.165) is 59.0 Å². The summed E-state index contributed by atoms with van der Waals surface area (Å²) in [6.45, 7) is 18.1. The van der Waals surface area contributed by atoms with Crippen molar-refractivity contribution >= 4 is 65.0 Å². The Labute approximate surface area is 304 Å². The second kappa shape index (κ2) is 13.0. The number of fused-ring (bicyclic) bond motifs is 4. The Kier molecular flexibility index (Phi) is 8.90. The van der Waals surface area contributed by atoms with Gasteiger partial charge in [0.05, 0.1) is 22.4 Å². The predicted octanol–water partition coefficient (Wildman–Crippen LogP) is 11.7. The van der Waals surface area contributed by atoms with Gasteiger partial charge in [-0.1, -0.05) is 124 Å². The van der Waals surface area contributed by atoms with E-state index in [0.29, 0.717) is 0 Å².